The predicted molar refractivity (Wildman–Crippen MR) is 147 cm³/mol. The molecule has 1 aromatic carbocycles. The Morgan fingerprint density at radius 2 is 1.51 bits per heavy atom. The number of hydrogen-bond donors (Lipinski definition) is 4. The molecule has 9 nitrogen and oxygen atoms in total. The van der Waals surface area contributed by atoms with E-state index in [4.69, 9.17) is 4.74 Å². The maximum absolute atomic E-state index is 13.6. The number of amides is 4. The van der Waals surface area contributed by atoms with Gasteiger partial charge >= 0.3 is 6.09 Å². The number of nitrogens with one attached hydrogen (secondary N) is 4. The zero-order valence-corrected chi connectivity index (χ0v) is 23.5. The highest BCUT2D eigenvalue weighted by Crippen LogP contribution is 2.51. The van der Waals surface area contributed by atoms with E-state index in [0.717, 1.165) is 62.5 Å². The van der Waals surface area contributed by atoms with Crippen molar-refractivity contribution in [2.75, 3.05) is 5.32 Å². The Morgan fingerprint density at radius 3 is 2.08 bits per heavy atom. The number of alkyl carbamates (subject to hydrolysis) is 1. The largest absolute Gasteiger partial charge is 0.444 e. The first kappa shape index (κ1) is 27.5. The van der Waals surface area contributed by atoms with Crippen molar-refractivity contribution in [1.82, 2.24) is 16.0 Å². The topological polar surface area (TPSA) is 126 Å². The van der Waals surface area contributed by atoms with E-state index in [-0.39, 0.29) is 35.6 Å². The van der Waals surface area contributed by atoms with E-state index < -0.39 is 23.8 Å². The minimum Gasteiger partial charge on any atom is -0.444 e. The van der Waals surface area contributed by atoms with Crippen molar-refractivity contribution in [3.8, 4) is 0 Å². The molecule has 0 unspecified atom stereocenters. The van der Waals surface area contributed by atoms with Gasteiger partial charge in [0.2, 0.25) is 17.7 Å². The third-order valence-corrected chi connectivity index (χ3v) is 8.21. The van der Waals surface area contributed by atoms with Crippen LogP contribution in [0.15, 0.2) is 18.2 Å². The zero-order valence-electron chi connectivity index (χ0n) is 23.5. The average molecular weight is 539 g/mol. The predicted octanol–water partition coefficient (Wildman–Crippen LogP) is 3.97. The van der Waals surface area contributed by atoms with Crippen LogP contribution in [0.4, 0.5) is 10.5 Å². The molecule has 0 saturated heterocycles. The quantitative estimate of drug-likeness (QED) is 0.359. The van der Waals surface area contributed by atoms with E-state index in [0.29, 0.717) is 17.5 Å². The van der Waals surface area contributed by atoms with Gasteiger partial charge in [0.05, 0.1) is 6.04 Å². The number of aryl methyl sites for hydroxylation is 1. The summed E-state index contributed by atoms with van der Waals surface area (Å²) in [6.45, 7) is 6.88. The smallest absolute Gasteiger partial charge is 0.408 e. The van der Waals surface area contributed by atoms with Crippen molar-refractivity contribution in [3.63, 3.8) is 0 Å². The van der Waals surface area contributed by atoms with Gasteiger partial charge in [0.1, 0.15) is 17.7 Å². The highest BCUT2D eigenvalue weighted by atomic mass is 16.6. The molecule has 0 radical (unpaired) electrons. The van der Waals surface area contributed by atoms with Gasteiger partial charge in [0.25, 0.3) is 0 Å². The van der Waals surface area contributed by atoms with Crippen LogP contribution in [0.3, 0.4) is 0 Å². The lowest BCUT2D eigenvalue weighted by Gasteiger charge is -2.29. The summed E-state index contributed by atoms with van der Waals surface area (Å²) in [6.07, 6.45) is 7.27. The van der Waals surface area contributed by atoms with Crippen LogP contribution < -0.4 is 21.3 Å². The maximum Gasteiger partial charge on any atom is 0.408 e. The fraction of sp³-hybridized carbons (Fsp3) is 0.667. The molecule has 4 aliphatic rings. The minimum absolute atomic E-state index is 0.120. The van der Waals surface area contributed by atoms with Crippen LogP contribution in [0.5, 0.6) is 0 Å². The van der Waals surface area contributed by atoms with Crippen LogP contribution in [0.1, 0.15) is 89.8 Å². The van der Waals surface area contributed by atoms with Gasteiger partial charge in [0.15, 0.2) is 0 Å². The second-order valence-electron chi connectivity index (χ2n) is 12.9. The SMILES string of the molecule is CC(=O)N[C@@H](C(=O)N[C@@H]1CCc2cc(NC(=O)[C@@H](NC(=O)OC(C)(C)C)C(C3CC3)C3CC3)ccc21)C1CC1. The minimum atomic E-state index is -0.646. The molecule has 1 aromatic rings. The Labute approximate surface area is 230 Å². The van der Waals surface area contributed by atoms with Gasteiger partial charge in [-0.1, -0.05) is 6.07 Å². The molecule has 4 amide bonds. The number of rotatable bonds is 10. The number of fused-ring (bicyclic) bond motifs is 1. The standard InChI is InChI=1S/C30H42N4O5/c1-16(35)31-25(19-9-10-19)27(36)33-23-14-11-20-15-21(12-13-22(20)23)32-28(37)26(34-29(38)39-30(2,3)4)24(17-5-6-17)18-7-8-18/h12-13,15,17-19,23-26H,5-11,14H2,1-4H3,(H,31,35)(H,32,37)(H,33,36)(H,34,38)/t23-,25-,26+/m1/s1. The Morgan fingerprint density at radius 1 is 0.872 bits per heavy atom. The second-order valence-corrected chi connectivity index (χ2v) is 12.9. The lowest BCUT2D eigenvalue weighted by atomic mass is 9.88. The van der Waals surface area contributed by atoms with Gasteiger partial charge in [-0.05, 0) is 119 Å². The third-order valence-electron chi connectivity index (χ3n) is 8.21. The molecule has 3 atom stereocenters. The summed E-state index contributed by atoms with van der Waals surface area (Å²) in [6, 6.07) is 4.55. The van der Waals surface area contributed by atoms with E-state index in [2.05, 4.69) is 21.3 Å². The summed E-state index contributed by atoms with van der Waals surface area (Å²) in [4.78, 5) is 50.8. The molecule has 4 N–H and O–H groups in total. The maximum atomic E-state index is 13.6. The highest BCUT2D eigenvalue weighted by molar-refractivity contribution is 5.97. The van der Waals surface area contributed by atoms with Crippen molar-refractivity contribution >= 4 is 29.5 Å². The van der Waals surface area contributed by atoms with E-state index in [1.807, 2.05) is 39.0 Å². The molecule has 4 aliphatic carbocycles. The molecule has 0 spiro atoms. The Kier molecular flexibility index (Phi) is 7.62. The van der Waals surface area contributed by atoms with Gasteiger partial charge < -0.3 is 26.0 Å². The van der Waals surface area contributed by atoms with Crippen molar-refractivity contribution in [2.45, 2.75) is 103 Å². The van der Waals surface area contributed by atoms with Crippen LogP contribution in [0, 0.1) is 23.7 Å². The van der Waals surface area contributed by atoms with Gasteiger partial charge in [-0.3, -0.25) is 14.4 Å². The Bertz CT molecular complexity index is 1120. The number of ether oxygens (including phenoxy) is 1. The van der Waals surface area contributed by atoms with E-state index >= 15 is 0 Å². The van der Waals surface area contributed by atoms with Gasteiger partial charge in [-0.25, -0.2) is 4.79 Å². The molecule has 212 valence electrons. The first-order valence-corrected chi connectivity index (χ1v) is 14.5. The molecule has 0 aromatic heterocycles. The van der Waals surface area contributed by atoms with Crippen LogP contribution in [-0.4, -0.2) is 41.5 Å². The molecular weight excluding hydrogens is 496 g/mol. The highest BCUT2D eigenvalue weighted by Gasteiger charge is 2.48. The van der Waals surface area contributed by atoms with Crippen molar-refractivity contribution in [3.05, 3.63) is 29.3 Å². The zero-order chi connectivity index (χ0) is 27.9. The van der Waals surface area contributed by atoms with E-state index in [9.17, 15) is 19.2 Å². The fourth-order valence-electron chi connectivity index (χ4n) is 6.04. The number of carbonyl (C=O) groups is 4. The molecule has 39 heavy (non-hydrogen) atoms. The van der Waals surface area contributed by atoms with Crippen molar-refractivity contribution in [2.24, 2.45) is 23.7 Å². The van der Waals surface area contributed by atoms with Crippen molar-refractivity contribution < 1.29 is 23.9 Å². The molecule has 5 rings (SSSR count). The molecule has 3 saturated carbocycles. The second kappa shape index (κ2) is 10.8. The Hall–Kier alpha value is -3.10. The molecule has 0 aliphatic heterocycles. The molecule has 9 heteroatoms. The lowest BCUT2D eigenvalue weighted by Crippen LogP contribution is -2.51. The third kappa shape index (κ3) is 7.11. The van der Waals surface area contributed by atoms with Crippen LogP contribution >= 0.6 is 0 Å². The van der Waals surface area contributed by atoms with Gasteiger partial charge in [0, 0.05) is 12.6 Å². The first-order valence-electron chi connectivity index (χ1n) is 14.5. The van der Waals surface area contributed by atoms with Gasteiger partial charge in [-0.15, -0.1) is 0 Å². The van der Waals surface area contributed by atoms with Crippen LogP contribution in [0.2, 0.25) is 0 Å². The number of anilines is 1. The Balaban J connectivity index is 1.25. The normalized spacial score (nSPS) is 21.9. The average Bonchev–Trinajstić information content (AvgIpc) is 3.70. The fourth-order valence-corrected chi connectivity index (χ4v) is 6.04. The molecule has 0 bridgehead atoms. The summed E-state index contributed by atoms with van der Waals surface area (Å²) in [5.74, 6) is 0.716. The van der Waals surface area contributed by atoms with E-state index in [1.54, 1.807) is 0 Å². The van der Waals surface area contributed by atoms with Crippen molar-refractivity contribution in [1.29, 1.82) is 0 Å². The summed E-state index contributed by atoms with van der Waals surface area (Å²) in [7, 11) is 0. The summed E-state index contributed by atoms with van der Waals surface area (Å²) in [5.41, 5.74) is 2.15. The molecular formula is C30H42N4O5. The van der Waals surface area contributed by atoms with Gasteiger partial charge in [-0.2, -0.15) is 0 Å². The van der Waals surface area contributed by atoms with E-state index in [1.165, 1.54) is 6.92 Å². The molecule has 0 heterocycles. The van der Waals surface area contributed by atoms with Crippen LogP contribution in [-0.2, 0) is 25.5 Å². The lowest BCUT2D eigenvalue weighted by molar-refractivity contribution is -0.129. The monoisotopic (exact) mass is 538 g/mol. The number of carbonyl (C=O) groups excluding carboxylic acids is 4. The molecule has 3 fully saturated rings. The number of benzene rings is 1. The van der Waals surface area contributed by atoms with Crippen LogP contribution in [0.25, 0.3) is 0 Å². The number of hydrogen-bond acceptors (Lipinski definition) is 5. The summed E-state index contributed by atoms with van der Waals surface area (Å²) in [5, 5.41) is 11.9. The summed E-state index contributed by atoms with van der Waals surface area (Å²) < 4.78 is 5.49. The summed E-state index contributed by atoms with van der Waals surface area (Å²) >= 11 is 0. The first-order chi connectivity index (χ1) is 18.5.